The normalized spacial score (nSPS) is 31.8. The minimum atomic E-state index is -0.571. The fraction of sp³-hybridized carbons (Fsp3) is 0.923. The van der Waals surface area contributed by atoms with E-state index in [9.17, 15) is 9.90 Å². The van der Waals surface area contributed by atoms with Crippen molar-refractivity contribution in [3.63, 3.8) is 0 Å². The second kappa shape index (κ2) is 3.46. The van der Waals surface area contributed by atoms with E-state index in [-0.39, 0.29) is 0 Å². The lowest BCUT2D eigenvalue weighted by Gasteiger charge is -2.55. The molecule has 0 aromatic carbocycles. The van der Waals surface area contributed by atoms with Gasteiger partial charge in [-0.1, -0.05) is 25.7 Å². The molecule has 1 N–H and O–H groups in total. The standard InChI is InChI=1S/C13H21NO2/c15-11(16)13(7-3-4-8-13)14-9-12(10-14)5-1-2-6-12/h1-10H2,(H,15,16). The molecule has 0 atom stereocenters. The van der Waals surface area contributed by atoms with Gasteiger partial charge in [-0.05, 0) is 31.1 Å². The van der Waals surface area contributed by atoms with Crippen LogP contribution in [0.25, 0.3) is 0 Å². The lowest BCUT2D eigenvalue weighted by Crippen LogP contribution is -2.66. The molecular weight excluding hydrogens is 202 g/mol. The molecule has 0 aromatic heterocycles. The highest BCUT2D eigenvalue weighted by Crippen LogP contribution is 2.50. The van der Waals surface area contributed by atoms with E-state index < -0.39 is 11.5 Å². The second-order valence-corrected chi connectivity index (χ2v) is 6.11. The Morgan fingerprint density at radius 3 is 1.94 bits per heavy atom. The van der Waals surface area contributed by atoms with Gasteiger partial charge in [0.05, 0.1) is 0 Å². The average Bonchev–Trinajstić information content (AvgIpc) is 2.85. The molecule has 2 aliphatic carbocycles. The van der Waals surface area contributed by atoms with Gasteiger partial charge in [-0.2, -0.15) is 0 Å². The number of rotatable bonds is 2. The van der Waals surface area contributed by atoms with Crippen molar-refractivity contribution in [1.29, 1.82) is 0 Å². The molecule has 3 rings (SSSR count). The van der Waals surface area contributed by atoms with Crippen LogP contribution in [0.1, 0.15) is 51.4 Å². The van der Waals surface area contributed by atoms with Crippen LogP contribution in [0.5, 0.6) is 0 Å². The molecule has 90 valence electrons. The number of hydrogen-bond acceptors (Lipinski definition) is 2. The first-order valence-corrected chi connectivity index (χ1v) is 6.66. The first-order valence-electron chi connectivity index (χ1n) is 6.66. The Bertz CT molecular complexity index is 293. The van der Waals surface area contributed by atoms with Gasteiger partial charge < -0.3 is 5.11 Å². The summed E-state index contributed by atoms with van der Waals surface area (Å²) in [6, 6.07) is 0. The van der Waals surface area contributed by atoms with Crippen LogP contribution < -0.4 is 0 Å². The predicted octanol–water partition coefficient (Wildman–Crippen LogP) is 2.26. The van der Waals surface area contributed by atoms with Crippen LogP contribution >= 0.6 is 0 Å². The van der Waals surface area contributed by atoms with E-state index in [2.05, 4.69) is 4.90 Å². The Kier molecular flexibility index (Phi) is 2.29. The molecule has 3 heteroatoms. The van der Waals surface area contributed by atoms with Gasteiger partial charge in [-0.3, -0.25) is 9.69 Å². The largest absolute Gasteiger partial charge is 0.480 e. The first kappa shape index (κ1) is 10.6. The second-order valence-electron chi connectivity index (χ2n) is 6.11. The molecule has 1 heterocycles. The van der Waals surface area contributed by atoms with Gasteiger partial charge in [-0.15, -0.1) is 0 Å². The van der Waals surface area contributed by atoms with Gasteiger partial charge in [0.1, 0.15) is 5.54 Å². The maximum atomic E-state index is 11.5. The highest BCUT2D eigenvalue weighted by atomic mass is 16.4. The maximum absolute atomic E-state index is 11.5. The van der Waals surface area contributed by atoms with Crippen LogP contribution in [0.15, 0.2) is 0 Å². The molecule has 0 unspecified atom stereocenters. The summed E-state index contributed by atoms with van der Waals surface area (Å²) in [6.07, 6.45) is 9.31. The lowest BCUT2D eigenvalue weighted by atomic mass is 9.74. The third kappa shape index (κ3) is 1.33. The number of hydrogen-bond donors (Lipinski definition) is 1. The van der Waals surface area contributed by atoms with E-state index in [0.29, 0.717) is 5.41 Å². The van der Waals surface area contributed by atoms with Crippen molar-refractivity contribution < 1.29 is 9.90 Å². The summed E-state index contributed by atoms with van der Waals surface area (Å²) < 4.78 is 0. The monoisotopic (exact) mass is 223 g/mol. The molecule has 3 nitrogen and oxygen atoms in total. The maximum Gasteiger partial charge on any atom is 0.324 e. The third-order valence-electron chi connectivity index (χ3n) is 5.15. The molecule has 16 heavy (non-hydrogen) atoms. The van der Waals surface area contributed by atoms with Crippen molar-refractivity contribution >= 4 is 5.97 Å². The van der Waals surface area contributed by atoms with Crippen LogP contribution in [0.3, 0.4) is 0 Å². The summed E-state index contributed by atoms with van der Waals surface area (Å²) in [5.41, 5.74) is 0.0406. The quantitative estimate of drug-likeness (QED) is 0.780. The third-order valence-corrected chi connectivity index (χ3v) is 5.15. The molecule has 0 aromatic rings. The van der Waals surface area contributed by atoms with Gasteiger partial charge in [0.15, 0.2) is 0 Å². The number of carboxylic acids is 1. The number of likely N-dealkylation sites (tertiary alicyclic amines) is 1. The Balaban J connectivity index is 1.71. The summed E-state index contributed by atoms with van der Waals surface area (Å²) in [4.78, 5) is 13.8. The van der Waals surface area contributed by atoms with Gasteiger partial charge in [0, 0.05) is 13.1 Å². The molecule has 3 aliphatic rings. The van der Waals surface area contributed by atoms with Crippen LogP contribution in [0.4, 0.5) is 0 Å². The van der Waals surface area contributed by atoms with Crippen molar-refractivity contribution in [3.05, 3.63) is 0 Å². The number of aliphatic carboxylic acids is 1. The summed E-state index contributed by atoms with van der Waals surface area (Å²) in [7, 11) is 0. The molecule has 0 amide bonds. The molecule has 0 bridgehead atoms. The van der Waals surface area contributed by atoms with E-state index in [1.807, 2.05) is 0 Å². The average molecular weight is 223 g/mol. The smallest absolute Gasteiger partial charge is 0.324 e. The molecule has 1 aliphatic heterocycles. The summed E-state index contributed by atoms with van der Waals surface area (Å²) in [5.74, 6) is -0.571. The molecule has 1 saturated heterocycles. The minimum absolute atomic E-state index is 0.478. The molecule has 1 spiro atoms. The zero-order chi connectivity index (χ0) is 11.2. The van der Waals surface area contributed by atoms with E-state index in [0.717, 1.165) is 38.8 Å². The highest BCUT2D eigenvalue weighted by molar-refractivity contribution is 5.79. The Morgan fingerprint density at radius 2 is 1.44 bits per heavy atom. The van der Waals surface area contributed by atoms with Gasteiger partial charge in [0.2, 0.25) is 0 Å². The van der Waals surface area contributed by atoms with Gasteiger partial charge in [-0.25, -0.2) is 0 Å². The fourth-order valence-corrected chi connectivity index (χ4v) is 4.13. The van der Waals surface area contributed by atoms with Crippen LogP contribution in [0.2, 0.25) is 0 Å². The summed E-state index contributed by atoms with van der Waals surface area (Å²) in [5, 5.41) is 9.49. The van der Waals surface area contributed by atoms with Crippen LogP contribution in [0, 0.1) is 5.41 Å². The molecule has 2 saturated carbocycles. The minimum Gasteiger partial charge on any atom is -0.480 e. The number of carboxylic acid groups (broad SMARTS) is 1. The topological polar surface area (TPSA) is 40.5 Å². The van der Waals surface area contributed by atoms with Crippen LogP contribution in [-0.2, 0) is 4.79 Å². The van der Waals surface area contributed by atoms with E-state index in [4.69, 9.17) is 0 Å². The Labute approximate surface area is 96.8 Å². The van der Waals surface area contributed by atoms with E-state index in [1.165, 1.54) is 25.7 Å². The van der Waals surface area contributed by atoms with Gasteiger partial charge in [0.25, 0.3) is 0 Å². The van der Waals surface area contributed by atoms with Gasteiger partial charge >= 0.3 is 5.97 Å². The van der Waals surface area contributed by atoms with Crippen molar-refractivity contribution in [2.45, 2.75) is 56.9 Å². The number of carbonyl (C=O) groups is 1. The Hall–Kier alpha value is -0.570. The summed E-state index contributed by atoms with van der Waals surface area (Å²) >= 11 is 0. The van der Waals surface area contributed by atoms with E-state index >= 15 is 0 Å². The first-order chi connectivity index (χ1) is 7.67. The molecule has 0 radical (unpaired) electrons. The number of nitrogens with zero attached hydrogens (tertiary/aromatic N) is 1. The zero-order valence-corrected chi connectivity index (χ0v) is 9.87. The fourth-order valence-electron chi connectivity index (χ4n) is 4.13. The zero-order valence-electron chi connectivity index (χ0n) is 9.87. The highest BCUT2D eigenvalue weighted by Gasteiger charge is 2.56. The Morgan fingerprint density at radius 1 is 0.938 bits per heavy atom. The summed E-state index contributed by atoms with van der Waals surface area (Å²) in [6.45, 7) is 2.11. The molecular formula is C13H21NO2. The van der Waals surface area contributed by atoms with Crippen molar-refractivity contribution in [1.82, 2.24) is 4.90 Å². The van der Waals surface area contributed by atoms with Crippen molar-refractivity contribution in [3.8, 4) is 0 Å². The van der Waals surface area contributed by atoms with Crippen molar-refractivity contribution in [2.75, 3.05) is 13.1 Å². The lowest BCUT2D eigenvalue weighted by molar-refractivity contribution is -0.162. The van der Waals surface area contributed by atoms with E-state index in [1.54, 1.807) is 0 Å². The van der Waals surface area contributed by atoms with Crippen molar-refractivity contribution in [2.24, 2.45) is 5.41 Å². The SMILES string of the molecule is O=C(O)C1(N2CC3(CCCC3)C2)CCCC1. The van der Waals surface area contributed by atoms with Crippen LogP contribution in [-0.4, -0.2) is 34.6 Å². The molecule has 3 fully saturated rings. The predicted molar refractivity (Wildman–Crippen MR) is 61.3 cm³/mol.